The maximum Gasteiger partial charge on any atom is 0.161 e. The summed E-state index contributed by atoms with van der Waals surface area (Å²) in [6.45, 7) is 1.94. The molecule has 128 valence electrons. The third kappa shape index (κ3) is 3.25. The smallest absolute Gasteiger partial charge is 0.161 e. The number of hydrogen-bond acceptors (Lipinski definition) is 4. The Morgan fingerprint density at radius 3 is 2.48 bits per heavy atom. The van der Waals surface area contributed by atoms with Crippen molar-refractivity contribution in [2.75, 3.05) is 25.1 Å². The molecule has 1 aromatic heterocycles. The molecule has 4 heteroatoms. The zero-order chi connectivity index (χ0) is 17.1. The highest BCUT2D eigenvalue weighted by atomic mass is 16.5. The fraction of sp³-hybridized carbons (Fsp3) is 0.286. The largest absolute Gasteiger partial charge is 0.493 e. The maximum atomic E-state index is 6.18. The Morgan fingerprint density at radius 2 is 1.68 bits per heavy atom. The monoisotopic (exact) mass is 334 g/mol. The standard InChI is InChI=1S/C21H22N2O2/c1-24-19-9-2-3-10-20(19)25-17-11-14-23(15-12-17)18-8-4-6-16-7-5-13-22-21(16)18/h2-10,13,17H,11-12,14-15H2,1H3. The Labute approximate surface area is 148 Å². The summed E-state index contributed by atoms with van der Waals surface area (Å²) in [5.74, 6) is 1.62. The number of pyridine rings is 1. The zero-order valence-corrected chi connectivity index (χ0v) is 14.4. The van der Waals surface area contributed by atoms with Gasteiger partial charge in [-0.3, -0.25) is 4.98 Å². The quantitative estimate of drug-likeness (QED) is 0.713. The molecule has 0 amide bonds. The van der Waals surface area contributed by atoms with Gasteiger partial charge in [0.15, 0.2) is 11.5 Å². The fourth-order valence-corrected chi connectivity index (χ4v) is 3.45. The summed E-state index contributed by atoms with van der Waals surface area (Å²) >= 11 is 0. The first-order valence-electron chi connectivity index (χ1n) is 8.73. The van der Waals surface area contributed by atoms with Crippen LogP contribution in [0.5, 0.6) is 11.5 Å². The summed E-state index contributed by atoms with van der Waals surface area (Å²) in [6.07, 6.45) is 4.06. The first kappa shape index (κ1) is 15.8. The number of aromatic nitrogens is 1. The number of methoxy groups -OCH3 is 1. The van der Waals surface area contributed by atoms with Gasteiger partial charge in [0.05, 0.1) is 18.3 Å². The molecule has 2 heterocycles. The molecule has 0 spiro atoms. The third-order valence-electron chi connectivity index (χ3n) is 4.76. The van der Waals surface area contributed by atoms with Gasteiger partial charge in [-0.2, -0.15) is 0 Å². The molecule has 0 radical (unpaired) electrons. The number of fused-ring (bicyclic) bond motifs is 1. The average Bonchev–Trinajstić information content (AvgIpc) is 2.69. The molecular weight excluding hydrogens is 312 g/mol. The zero-order valence-electron chi connectivity index (χ0n) is 14.4. The molecule has 25 heavy (non-hydrogen) atoms. The van der Waals surface area contributed by atoms with Crippen LogP contribution in [0.15, 0.2) is 60.8 Å². The normalized spacial score (nSPS) is 15.3. The van der Waals surface area contributed by atoms with E-state index in [1.54, 1.807) is 7.11 Å². The summed E-state index contributed by atoms with van der Waals surface area (Å²) < 4.78 is 11.6. The van der Waals surface area contributed by atoms with Crippen molar-refractivity contribution in [1.29, 1.82) is 0 Å². The van der Waals surface area contributed by atoms with E-state index in [9.17, 15) is 0 Å². The molecule has 4 rings (SSSR count). The molecule has 0 aliphatic carbocycles. The second-order valence-electron chi connectivity index (χ2n) is 6.31. The van der Waals surface area contributed by atoms with E-state index in [0.717, 1.165) is 42.9 Å². The number of anilines is 1. The van der Waals surface area contributed by atoms with Crippen LogP contribution < -0.4 is 14.4 Å². The highest BCUT2D eigenvalue weighted by Gasteiger charge is 2.23. The van der Waals surface area contributed by atoms with Crippen molar-refractivity contribution in [3.8, 4) is 11.5 Å². The third-order valence-corrected chi connectivity index (χ3v) is 4.76. The Morgan fingerprint density at radius 1 is 0.920 bits per heavy atom. The molecule has 0 unspecified atom stereocenters. The Bertz CT molecular complexity index is 852. The van der Waals surface area contributed by atoms with Crippen LogP contribution in [-0.4, -0.2) is 31.3 Å². The van der Waals surface area contributed by atoms with Gasteiger partial charge in [0.2, 0.25) is 0 Å². The lowest BCUT2D eigenvalue weighted by atomic mass is 10.1. The molecule has 0 bridgehead atoms. The van der Waals surface area contributed by atoms with Crippen molar-refractivity contribution in [3.05, 3.63) is 60.8 Å². The summed E-state index contributed by atoms with van der Waals surface area (Å²) in [5, 5.41) is 1.19. The number of ether oxygens (including phenoxy) is 2. The number of piperidine rings is 1. The summed E-state index contributed by atoms with van der Waals surface area (Å²) in [7, 11) is 1.68. The highest BCUT2D eigenvalue weighted by molar-refractivity contribution is 5.90. The second-order valence-corrected chi connectivity index (χ2v) is 6.31. The van der Waals surface area contributed by atoms with E-state index >= 15 is 0 Å². The van der Waals surface area contributed by atoms with Crippen LogP contribution in [0.25, 0.3) is 10.9 Å². The van der Waals surface area contributed by atoms with Crippen molar-refractivity contribution in [2.24, 2.45) is 0 Å². The average molecular weight is 334 g/mol. The van der Waals surface area contributed by atoms with Gasteiger partial charge < -0.3 is 14.4 Å². The van der Waals surface area contributed by atoms with E-state index in [1.165, 1.54) is 11.1 Å². The lowest BCUT2D eigenvalue weighted by Crippen LogP contribution is -2.38. The van der Waals surface area contributed by atoms with E-state index in [0.29, 0.717) is 0 Å². The van der Waals surface area contributed by atoms with Gasteiger partial charge in [-0.05, 0) is 24.3 Å². The van der Waals surface area contributed by atoms with Gasteiger partial charge in [-0.15, -0.1) is 0 Å². The van der Waals surface area contributed by atoms with Crippen LogP contribution >= 0.6 is 0 Å². The van der Waals surface area contributed by atoms with Crippen LogP contribution in [0.3, 0.4) is 0 Å². The molecule has 1 saturated heterocycles. The van der Waals surface area contributed by atoms with Gasteiger partial charge in [0.25, 0.3) is 0 Å². The Hall–Kier alpha value is -2.75. The first-order chi connectivity index (χ1) is 12.3. The van der Waals surface area contributed by atoms with Crippen LogP contribution in [0.2, 0.25) is 0 Å². The molecule has 1 aliphatic heterocycles. The predicted octanol–water partition coefficient (Wildman–Crippen LogP) is 4.29. The van der Waals surface area contributed by atoms with Gasteiger partial charge >= 0.3 is 0 Å². The van der Waals surface area contributed by atoms with E-state index in [1.807, 2.05) is 36.5 Å². The van der Waals surface area contributed by atoms with E-state index < -0.39 is 0 Å². The molecular formula is C21H22N2O2. The SMILES string of the molecule is COc1ccccc1OC1CCN(c2cccc3cccnc23)CC1. The first-order valence-corrected chi connectivity index (χ1v) is 8.73. The predicted molar refractivity (Wildman–Crippen MR) is 101 cm³/mol. The molecule has 1 fully saturated rings. The lowest BCUT2D eigenvalue weighted by molar-refractivity contribution is 0.164. The molecule has 0 N–H and O–H groups in total. The second kappa shape index (κ2) is 7.01. The maximum absolute atomic E-state index is 6.18. The van der Waals surface area contributed by atoms with E-state index in [2.05, 4.69) is 34.1 Å². The van der Waals surface area contributed by atoms with Crippen LogP contribution in [0, 0.1) is 0 Å². The topological polar surface area (TPSA) is 34.6 Å². The molecule has 1 aliphatic rings. The van der Waals surface area contributed by atoms with Crippen LogP contribution in [0.4, 0.5) is 5.69 Å². The van der Waals surface area contributed by atoms with Crippen molar-refractivity contribution in [1.82, 2.24) is 4.98 Å². The van der Waals surface area contributed by atoms with Crippen LogP contribution in [-0.2, 0) is 0 Å². The molecule has 3 aromatic rings. The highest BCUT2D eigenvalue weighted by Crippen LogP contribution is 2.31. The Kier molecular flexibility index (Phi) is 4.42. The number of rotatable bonds is 4. The number of hydrogen-bond donors (Lipinski definition) is 0. The Balaban J connectivity index is 1.46. The van der Waals surface area contributed by atoms with Gasteiger partial charge in [-0.1, -0.05) is 30.3 Å². The van der Waals surface area contributed by atoms with Crippen molar-refractivity contribution in [3.63, 3.8) is 0 Å². The summed E-state index contributed by atoms with van der Waals surface area (Å²) in [5.41, 5.74) is 2.29. The molecule has 0 atom stereocenters. The minimum Gasteiger partial charge on any atom is -0.493 e. The molecule has 0 saturated carbocycles. The van der Waals surface area contributed by atoms with Crippen LogP contribution in [0.1, 0.15) is 12.8 Å². The number of benzene rings is 2. The van der Waals surface area contributed by atoms with Gasteiger partial charge in [0, 0.05) is 37.5 Å². The minimum atomic E-state index is 0.218. The van der Waals surface area contributed by atoms with E-state index in [-0.39, 0.29) is 6.10 Å². The summed E-state index contributed by atoms with van der Waals surface area (Å²) in [4.78, 5) is 6.99. The number of para-hydroxylation sites is 3. The molecule has 2 aromatic carbocycles. The lowest BCUT2D eigenvalue weighted by Gasteiger charge is -2.34. The van der Waals surface area contributed by atoms with Crippen molar-refractivity contribution >= 4 is 16.6 Å². The minimum absolute atomic E-state index is 0.218. The fourth-order valence-electron chi connectivity index (χ4n) is 3.45. The molecule has 4 nitrogen and oxygen atoms in total. The van der Waals surface area contributed by atoms with E-state index in [4.69, 9.17) is 9.47 Å². The summed E-state index contributed by atoms with van der Waals surface area (Å²) in [6, 6.07) is 18.3. The van der Waals surface area contributed by atoms with Crippen molar-refractivity contribution < 1.29 is 9.47 Å². The number of nitrogens with zero attached hydrogens (tertiary/aromatic N) is 2. The van der Waals surface area contributed by atoms with Gasteiger partial charge in [-0.25, -0.2) is 0 Å². The van der Waals surface area contributed by atoms with Gasteiger partial charge in [0.1, 0.15) is 6.10 Å². The van der Waals surface area contributed by atoms with Crippen molar-refractivity contribution in [2.45, 2.75) is 18.9 Å².